The highest BCUT2D eigenvalue weighted by atomic mass is 19.4. The summed E-state index contributed by atoms with van der Waals surface area (Å²) in [7, 11) is 0. The predicted molar refractivity (Wildman–Crippen MR) is 123 cm³/mol. The van der Waals surface area contributed by atoms with Crippen molar-refractivity contribution in [1.29, 1.82) is 0 Å². The Morgan fingerprint density at radius 2 is 1.80 bits per heavy atom. The summed E-state index contributed by atoms with van der Waals surface area (Å²) >= 11 is 0. The molecule has 0 spiro atoms. The summed E-state index contributed by atoms with van der Waals surface area (Å²) in [6.07, 6.45) is -2.36. The van der Waals surface area contributed by atoms with Gasteiger partial charge in [-0.25, -0.2) is 4.79 Å². The van der Waals surface area contributed by atoms with Crippen LogP contribution in [0.1, 0.15) is 77.2 Å². The van der Waals surface area contributed by atoms with Gasteiger partial charge in [-0.2, -0.15) is 0 Å². The van der Waals surface area contributed by atoms with Gasteiger partial charge in [-0.15, -0.1) is 13.2 Å². The lowest BCUT2D eigenvalue weighted by Crippen LogP contribution is -2.61. The molecule has 3 atom stereocenters. The lowest BCUT2D eigenvalue weighted by atomic mass is 9.71. The number of carbonyl (C=O) groups is 2. The first kappa shape index (κ1) is 27.1. The van der Waals surface area contributed by atoms with Crippen LogP contribution in [0.3, 0.4) is 0 Å². The molecule has 10 heteroatoms. The van der Waals surface area contributed by atoms with Gasteiger partial charge in [-0.05, 0) is 48.8 Å². The van der Waals surface area contributed by atoms with Crippen LogP contribution in [0.2, 0.25) is 0 Å². The third kappa shape index (κ3) is 6.59. The van der Waals surface area contributed by atoms with E-state index >= 15 is 0 Å². The molecule has 1 aliphatic heterocycles. The highest BCUT2D eigenvalue weighted by Gasteiger charge is 2.50. The van der Waals surface area contributed by atoms with E-state index in [4.69, 9.17) is 10.5 Å². The molecule has 3 rings (SSSR count). The van der Waals surface area contributed by atoms with E-state index in [0.717, 1.165) is 6.42 Å². The highest BCUT2D eigenvalue weighted by molar-refractivity contribution is 5.86. The molecule has 0 radical (unpaired) electrons. The Bertz CT molecular complexity index is 909. The normalized spacial score (nSPS) is 23.9. The third-order valence-corrected chi connectivity index (χ3v) is 6.94. The van der Waals surface area contributed by atoms with Crippen LogP contribution in [0.25, 0.3) is 0 Å². The first-order valence-electron chi connectivity index (χ1n) is 12.1. The minimum atomic E-state index is -4.89. The number of likely N-dealkylation sites (tertiary alicyclic amines) is 1. The minimum Gasteiger partial charge on any atom is -0.444 e. The summed E-state index contributed by atoms with van der Waals surface area (Å²) in [4.78, 5) is 27.4. The Kier molecular flexibility index (Phi) is 7.93. The van der Waals surface area contributed by atoms with Crippen LogP contribution in [0, 0.1) is 5.41 Å². The summed E-state index contributed by atoms with van der Waals surface area (Å²) in [5, 5.41) is 11.7. The smallest absolute Gasteiger partial charge is 0.444 e. The number of aliphatic hydroxyl groups is 1. The Labute approximate surface area is 203 Å². The molecule has 1 aromatic carbocycles. The first-order valence-corrected chi connectivity index (χ1v) is 12.1. The molecule has 1 heterocycles. The van der Waals surface area contributed by atoms with E-state index in [9.17, 15) is 27.9 Å². The van der Waals surface area contributed by atoms with Crippen molar-refractivity contribution in [1.82, 2.24) is 4.90 Å². The fourth-order valence-corrected chi connectivity index (χ4v) is 5.70. The van der Waals surface area contributed by atoms with Crippen LogP contribution >= 0.6 is 0 Å². The second-order valence-corrected chi connectivity index (χ2v) is 10.7. The van der Waals surface area contributed by atoms with Gasteiger partial charge in [0.2, 0.25) is 5.91 Å². The quantitative estimate of drug-likeness (QED) is 0.601. The maximum absolute atomic E-state index is 14.2. The fourth-order valence-electron chi connectivity index (χ4n) is 5.70. The molecule has 2 unspecified atom stereocenters. The average Bonchev–Trinajstić information content (AvgIpc) is 2.72. The molecule has 2 aliphatic rings. The van der Waals surface area contributed by atoms with E-state index in [1.54, 1.807) is 11.0 Å². The van der Waals surface area contributed by atoms with Gasteiger partial charge in [0, 0.05) is 6.54 Å². The van der Waals surface area contributed by atoms with Crippen LogP contribution in [-0.2, 0) is 9.53 Å². The Morgan fingerprint density at radius 1 is 1.14 bits per heavy atom. The van der Waals surface area contributed by atoms with Crippen molar-refractivity contribution in [2.45, 2.75) is 95.7 Å². The average molecular weight is 501 g/mol. The zero-order valence-corrected chi connectivity index (χ0v) is 20.4. The van der Waals surface area contributed by atoms with Crippen molar-refractivity contribution in [3.8, 4) is 5.75 Å². The van der Waals surface area contributed by atoms with Crippen molar-refractivity contribution in [3.63, 3.8) is 0 Å². The number of benzene rings is 1. The Hall–Kier alpha value is -2.49. The van der Waals surface area contributed by atoms with Gasteiger partial charge in [-0.1, -0.05) is 52.2 Å². The Morgan fingerprint density at radius 3 is 2.37 bits per heavy atom. The zero-order valence-electron chi connectivity index (χ0n) is 20.4. The van der Waals surface area contributed by atoms with Crippen LogP contribution in [-0.4, -0.2) is 52.7 Å². The number of nitrogens with zero attached hydrogens (tertiary/aromatic N) is 1. The number of hydrogen-bond donors (Lipinski definition) is 2. The molecule has 196 valence electrons. The molecular formula is C25H35F3N2O5. The van der Waals surface area contributed by atoms with E-state index in [-0.39, 0.29) is 5.56 Å². The molecular weight excluding hydrogens is 465 g/mol. The van der Waals surface area contributed by atoms with Crippen LogP contribution in [0.4, 0.5) is 18.0 Å². The number of alkyl halides is 3. The van der Waals surface area contributed by atoms with E-state index in [1.165, 1.54) is 18.2 Å². The number of primary amides is 1. The molecule has 1 aromatic rings. The van der Waals surface area contributed by atoms with Gasteiger partial charge in [0.05, 0.1) is 17.6 Å². The second-order valence-electron chi connectivity index (χ2n) is 10.7. The fraction of sp³-hybridized carbons (Fsp3) is 0.680. The SMILES string of the molecule is CC(C)(C)C1[C@H](OC(N)=O)CCCN1C(=O)C(c1cccc(OC(F)(F)F)c1)C1(O)CCCCC1. The topological polar surface area (TPSA) is 102 Å². The van der Waals surface area contributed by atoms with Crippen molar-refractivity contribution in [3.05, 3.63) is 29.8 Å². The predicted octanol–water partition coefficient (Wildman–Crippen LogP) is 4.87. The summed E-state index contributed by atoms with van der Waals surface area (Å²) in [6, 6.07) is 4.75. The van der Waals surface area contributed by atoms with Crippen molar-refractivity contribution < 1.29 is 37.3 Å². The van der Waals surface area contributed by atoms with E-state index in [1.807, 2.05) is 20.8 Å². The van der Waals surface area contributed by atoms with E-state index < -0.39 is 53.2 Å². The van der Waals surface area contributed by atoms with Crippen LogP contribution < -0.4 is 10.5 Å². The van der Waals surface area contributed by atoms with Gasteiger partial charge in [-0.3, -0.25) is 4.79 Å². The Balaban J connectivity index is 2.05. The maximum atomic E-state index is 14.2. The molecule has 3 N–H and O–H groups in total. The van der Waals surface area contributed by atoms with E-state index in [0.29, 0.717) is 45.1 Å². The molecule has 1 saturated carbocycles. The number of hydrogen-bond acceptors (Lipinski definition) is 5. The number of halogens is 3. The van der Waals surface area contributed by atoms with Crippen LogP contribution in [0.5, 0.6) is 5.75 Å². The minimum absolute atomic E-state index is 0.256. The highest BCUT2D eigenvalue weighted by Crippen LogP contribution is 2.44. The first-order chi connectivity index (χ1) is 16.2. The molecule has 0 aromatic heterocycles. The van der Waals surface area contributed by atoms with Gasteiger partial charge in [0.1, 0.15) is 11.9 Å². The molecule has 2 fully saturated rings. The van der Waals surface area contributed by atoms with Gasteiger partial charge < -0.3 is 25.2 Å². The lowest BCUT2D eigenvalue weighted by Gasteiger charge is -2.50. The molecule has 0 bridgehead atoms. The monoisotopic (exact) mass is 500 g/mol. The number of amides is 2. The van der Waals surface area contributed by atoms with Gasteiger partial charge in [0.15, 0.2) is 0 Å². The summed E-state index contributed by atoms with van der Waals surface area (Å²) in [5.41, 5.74) is 3.62. The standard InChI is InChI=1S/C25H35F3N2O5/c1-23(2,3)20-18(34-22(29)32)11-8-14-30(20)21(31)19(24(33)12-5-4-6-13-24)16-9-7-10-17(15-16)35-25(26,27)28/h7,9-10,15,18-20,33H,4-6,8,11-14H2,1-3H3,(H2,29,32)/t18-,19?,20?/m1/s1. The number of carbonyl (C=O) groups excluding carboxylic acids is 2. The summed E-state index contributed by atoms with van der Waals surface area (Å²) in [6.45, 7) is 6.12. The number of nitrogens with two attached hydrogens (primary N) is 1. The third-order valence-electron chi connectivity index (χ3n) is 6.94. The van der Waals surface area contributed by atoms with E-state index in [2.05, 4.69) is 4.74 Å². The maximum Gasteiger partial charge on any atom is 0.573 e. The number of piperidine rings is 1. The van der Waals surface area contributed by atoms with Gasteiger partial charge in [0.25, 0.3) is 0 Å². The van der Waals surface area contributed by atoms with Gasteiger partial charge >= 0.3 is 12.5 Å². The molecule has 7 nitrogen and oxygen atoms in total. The summed E-state index contributed by atoms with van der Waals surface area (Å²) in [5.74, 6) is -1.96. The zero-order chi connectivity index (χ0) is 26.0. The van der Waals surface area contributed by atoms with Crippen molar-refractivity contribution in [2.24, 2.45) is 11.1 Å². The lowest BCUT2D eigenvalue weighted by molar-refractivity contribution is -0.274. The largest absolute Gasteiger partial charge is 0.573 e. The molecule has 1 aliphatic carbocycles. The molecule has 1 saturated heterocycles. The molecule has 35 heavy (non-hydrogen) atoms. The van der Waals surface area contributed by atoms with Crippen molar-refractivity contribution >= 4 is 12.0 Å². The molecule has 2 amide bonds. The number of ether oxygens (including phenoxy) is 2. The van der Waals surface area contributed by atoms with Crippen molar-refractivity contribution in [2.75, 3.05) is 6.54 Å². The number of rotatable bonds is 5. The summed E-state index contributed by atoms with van der Waals surface area (Å²) < 4.78 is 48.1. The second kappa shape index (κ2) is 10.2. The van der Waals surface area contributed by atoms with Crippen LogP contribution in [0.15, 0.2) is 24.3 Å².